The molecule has 0 amide bonds. The maximum Gasteiger partial charge on any atom is 0.0534 e. The minimum atomic E-state index is -0.0568. The van der Waals surface area contributed by atoms with Gasteiger partial charge in [0.05, 0.1) is 6.61 Å². The van der Waals surface area contributed by atoms with E-state index in [2.05, 4.69) is 6.58 Å². The maximum atomic E-state index is 8.97. The van der Waals surface area contributed by atoms with Crippen LogP contribution in [0.2, 0.25) is 5.02 Å². The monoisotopic (exact) mass is 182 g/mol. The lowest BCUT2D eigenvalue weighted by Gasteiger charge is -2.10. The number of benzene rings is 1. The molecule has 0 heterocycles. The average Bonchev–Trinajstić information content (AvgIpc) is 2.10. The van der Waals surface area contributed by atoms with Crippen molar-refractivity contribution < 1.29 is 5.11 Å². The van der Waals surface area contributed by atoms with Gasteiger partial charge in [0.2, 0.25) is 0 Å². The zero-order valence-corrected chi connectivity index (χ0v) is 7.46. The molecule has 1 aromatic rings. The lowest BCUT2D eigenvalue weighted by molar-refractivity contribution is 0.283. The van der Waals surface area contributed by atoms with Gasteiger partial charge in [0, 0.05) is 10.9 Å². The van der Waals surface area contributed by atoms with E-state index in [0.29, 0.717) is 5.02 Å². The van der Waals surface area contributed by atoms with E-state index in [1.54, 1.807) is 6.08 Å². The molecule has 1 rings (SSSR count). The summed E-state index contributed by atoms with van der Waals surface area (Å²) in [7, 11) is 0. The summed E-state index contributed by atoms with van der Waals surface area (Å²) in [5.74, 6) is -0.0568. The molecule has 1 N–H and O–H groups in total. The summed E-state index contributed by atoms with van der Waals surface area (Å²) in [6, 6.07) is 7.46. The molecule has 0 aliphatic heterocycles. The molecule has 0 fully saturated rings. The topological polar surface area (TPSA) is 20.2 Å². The van der Waals surface area contributed by atoms with Gasteiger partial charge >= 0.3 is 0 Å². The number of hydrogen-bond acceptors (Lipinski definition) is 1. The number of rotatable bonds is 3. The quantitative estimate of drug-likeness (QED) is 0.713. The number of hydrogen-bond donors (Lipinski definition) is 1. The minimum Gasteiger partial charge on any atom is -0.395 e. The van der Waals surface area contributed by atoms with Gasteiger partial charge in [-0.05, 0) is 11.6 Å². The first-order valence-electron chi connectivity index (χ1n) is 3.77. The van der Waals surface area contributed by atoms with Gasteiger partial charge in [-0.15, -0.1) is 6.58 Å². The average molecular weight is 183 g/mol. The smallest absolute Gasteiger partial charge is 0.0534 e. The van der Waals surface area contributed by atoms with Crippen molar-refractivity contribution in [2.45, 2.75) is 5.92 Å². The van der Waals surface area contributed by atoms with Crippen molar-refractivity contribution in [1.82, 2.24) is 0 Å². The Bertz CT molecular complexity index is 270. The molecule has 0 radical (unpaired) electrons. The highest BCUT2D eigenvalue weighted by Gasteiger charge is 2.08. The van der Waals surface area contributed by atoms with E-state index in [9.17, 15) is 0 Å². The molecule has 1 aromatic carbocycles. The molecule has 1 nitrogen and oxygen atoms in total. The highest BCUT2D eigenvalue weighted by Crippen LogP contribution is 2.24. The lowest BCUT2D eigenvalue weighted by Crippen LogP contribution is -2.00. The van der Waals surface area contributed by atoms with Gasteiger partial charge < -0.3 is 5.11 Å². The second kappa shape index (κ2) is 4.29. The summed E-state index contributed by atoms with van der Waals surface area (Å²) in [5, 5.41) is 9.65. The van der Waals surface area contributed by atoms with Crippen molar-refractivity contribution in [3.8, 4) is 0 Å². The van der Waals surface area contributed by atoms with Crippen LogP contribution in [0.3, 0.4) is 0 Å². The Balaban J connectivity index is 3.00. The highest BCUT2D eigenvalue weighted by atomic mass is 35.5. The van der Waals surface area contributed by atoms with Crippen molar-refractivity contribution in [2.24, 2.45) is 0 Å². The number of aliphatic hydroxyl groups excluding tert-OH is 1. The summed E-state index contributed by atoms with van der Waals surface area (Å²) in [5.41, 5.74) is 0.927. The van der Waals surface area contributed by atoms with Crippen molar-refractivity contribution in [3.63, 3.8) is 0 Å². The largest absolute Gasteiger partial charge is 0.395 e. The van der Waals surface area contributed by atoms with Crippen LogP contribution in [0.5, 0.6) is 0 Å². The molecular formula is C10H11ClO. The van der Waals surface area contributed by atoms with Gasteiger partial charge in [-0.25, -0.2) is 0 Å². The number of aliphatic hydroxyl groups is 1. The van der Waals surface area contributed by atoms with E-state index < -0.39 is 0 Å². The minimum absolute atomic E-state index is 0.0488. The Hall–Kier alpha value is -0.790. The molecule has 0 aliphatic carbocycles. The Morgan fingerprint density at radius 2 is 2.17 bits per heavy atom. The van der Waals surface area contributed by atoms with Crippen molar-refractivity contribution in [3.05, 3.63) is 47.5 Å². The second-order valence-corrected chi connectivity index (χ2v) is 2.95. The standard InChI is InChI=1S/C10H11ClO/c1-2-8(7-12)9-5-3-4-6-10(9)11/h2-6,8,12H,1,7H2. The SMILES string of the molecule is C=CC(CO)c1ccccc1Cl. The zero-order chi connectivity index (χ0) is 8.97. The molecule has 64 valence electrons. The molecule has 2 heteroatoms. The molecule has 0 aliphatic rings. The van der Waals surface area contributed by atoms with Gasteiger partial charge in [-0.2, -0.15) is 0 Å². The summed E-state index contributed by atoms with van der Waals surface area (Å²) in [6.45, 7) is 3.68. The molecule has 12 heavy (non-hydrogen) atoms. The van der Waals surface area contributed by atoms with E-state index >= 15 is 0 Å². The van der Waals surface area contributed by atoms with Gasteiger partial charge in [-0.3, -0.25) is 0 Å². The fraction of sp³-hybridized carbons (Fsp3) is 0.200. The van der Waals surface area contributed by atoms with Crippen LogP contribution in [0.1, 0.15) is 11.5 Å². The molecule has 0 saturated heterocycles. The zero-order valence-electron chi connectivity index (χ0n) is 6.70. The molecule has 1 unspecified atom stereocenters. The van der Waals surface area contributed by atoms with Crippen molar-refractivity contribution in [1.29, 1.82) is 0 Å². The van der Waals surface area contributed by atoms with E-state index in [-0.39, 0.29) is 12.5 Å². The summed E-state index contributed by atoms with van der Waals surface area (Å²) in [6.07, 6.45) is 1.70. The predicted octanol–water partition coefficient (Wildman–Crippen LogP) is 2.60. The Morgan fingerprint density at radius 1 is 1.50 bits per heavy atom. The van der Waals surface area contributed by atoms with Crippen LogP contribution in [-0.2, 0) is 0 Å². The Kier molecular flexibility index (Phi) is 3.32. The summed E-state index contributed by atoms with van der Waals surface area (Å²) < 4.78 is 0. The van der Waals surface area contributed by atoms with E-state index in [1.807, 2.05) is 24.3 Å². The van der Waals surface area contributed by atoms with E-state index in [0.717, 1.165) is 5.56 Å². The van der Waals surface area contributed by atoms with Crippen LogP contribution in [0.15, 0.2) is 36.9 Å². The Morgan fingerprint density at radius 3 is 2.67 bits per heavy atom. The van der Waals surface area contributed by atoms with Gasteiger partial charge in [0.15, 0.2) is 0 Å². The molecule has 1 atom stereocenters. The molecule has 0 spiro atoms. The first-order valence-corrected chi connectivity index (χ1v) is 4.15. The van der Waals surface area contributed by atoms with Crippen LogP contribution in [0, 0.1) is 0 Å². The third-order valence-corrected chi connectivity index (χ3v) is 2.13. The van der Waals surface area contributed by atoms with E-state index in [4.69, 9.17) is 16.7 Å². The van der Waals surface area contributed by atoms with Crippen LogP contribution >= 0.6 is 11.6 Å². The Labute approximate surface area is 77.3 Å². The second-order valence-electron chi connectivity index (χ2n) is 2.55. The highest BCUT2D eigenvalue weighted by molar-refractivity contribution is 6.31. The molecular weight excluding hydrogens is 172 g/mol. The normalized spacial score (nSPS) is 12.5. The molecule has 0 saturated carbocycles. The third-order valence-electron chi connectivity index (χ3n) is 1.79. The van der Waals surface area contributed by atoms with E-state index in [1.165, 1.54) is 0 Å². The lowest BCUT2D eigenvalue weighted by atomic mass is 10.0. The van der Waals surface area contributed by atoms with Crippen LogP contribution in [-0.4, -0.2) is 11.7 Å². The molecule has 0 bridgehead atoms. The first-order chi connectivity index (χ1) is 5.79. The summed E-state index contributed by atoms with van der Waals surface area (Å²) in [4.78, 5) is 0. The fourth-order valence-corrected chi connectivity index (χ4v) is 1.35. The first kappa shape index (κ1) is 9.30. The van der Waals surface area contributed by atoms with Crippen molar-refractivity contribution in [2.75, 3.05) is 6.61 Å². The maximum absolute atomic E-state index is 8.97. The van der Waals surface area contributed by atoms with Crippen molar-refractivity contribution >= 4 is 11.6 Å². The van der Waals surface area contributed by atoms with Crippen LogP contribution in [0.4, 0.5) is 0 Å². The van der Waals surface area contributed by atoms with Crippen LogP contribution < -0.4 is 0 Å². The van der Waals surface area contributed by atoms with Gasteiger partial charge in [0.25, 0.3) is 0 Å². The predicted molar refractivity (Wildman–Crippen MR) is 51.5 cm³/mol. The summed E-state index contributed by atoms with van der Waals surface area (Å²) >= 11 is 5.92. The third kappa shape index (κ3) is 1.87. The molecule has 0 aromatic heterocycles. The fourth-order valence-electron chi connectivity index (χ4n) is 1.08. The number of halogens is 1. The van der Waals surface area contributed by atoms with Gasteiger partial charge in [-0.1, -0.05) is 35.9 Å². The van der Waals surface area contributed by atoms with Crippen LogP contribution in [0.25, 0.3) is 0 Å². The van der Waals surface area contributed by atoms with Gasteiger partial charge in [0.1, 0.15) is 0 Å².